The number of hydrogen-bond donors (Lipinski definition) is 0. The van der Waals surface area contributed by atoms with Gasteiger partial charge in [0.25, 0.3) is 0 Å². The van der Waals surface area contributed by atoms with Gasteiger partial charge in [-0.3, -0.25) is 14.9 Å². The lowest BCUT2D eigenvalue weighted by Crippen LogP contribution is -2.24. The van der Waals surface area contributed by atoms with Gasteiger partial charge in [0, 0.05) is 24.3 Å². The Morgan fingerprint density at radius 2 is 2.21 bits per heavy atom. The van der Waals surface area contributed by atoms with Gasteiger partial charge in [0.1, 0.15) is 0 Å². The number of rotatable bonds is 3. The average Bonchev–Trinajstić information content (AvgIpc) is 2.99. The van der Waals surface area contributed by atoms with E-state index < -0.39 is 0 Å². The van der Waals surface area contributed by atoms with E-state index in [1.807, 2.05) is 19.3 Å². The normalized spacial score (nSPS) is 20.0. The molecule has 0 saturated carbocycles. The summed E-state index contributed by atoms with van der Waals surface area (Å²) in [4.78, 5) is 15.9. The molecule has 3 heterocycles. The van der Waals surface area contributed by atoms with Crippen molar-refractivity contribution in [2.45, 2.75) is 39.3 Å². The van der Waals surface area contributed by atoms with Crippen molar-refractivity contribution in [1.82, 2.24) is 19.9 Å². The highest BCUT2D eigenvalue weighted by molar-refractivity contribution is 7.09. The lowest BCUT2D eigenvalue weighted by Gasteiger charge is -2.23. The van der Waals surface area contributed by atoms with Crippen LogP contribution in [0.4, 0.5) is 0 Å². The second kappa shape index (κ2) is 5.35. The Kier molecular flexibility index (Phi) is 3.57. The molecule has 0 spiro atoms. The quantitative estimate of drug-likeness (QED) is 0.863. The zero-order chi connectivity index (χ0) is 13.2. The summed E-state index contributed by atoms with van der Waals surface area (Å²) in [6, 6.07) is 0.398. The summed E-state index contributed by atoms with van der Waals surface area (Å²) in [5.41, 5.74) is 3.27. The molecule has 0 aliphatic carbocycles. The molecule has 2 aromatic rings. The van der Waals surface area contributed by atoms with Crippen LogP contribution in [0.5, 0.6) is 0 Å². The topological polar surface area (TPSA) is 41.9 Å². The predicted molar refractivity (Wildman–Crippen MR) is 76.0 cm³/mol. The van der Waals surface area contributed by atoms with Crippen LogP contribution in [0, 0.1) is 13.8 Å². The molecule has 1 aliphatic heterocycles. The van der Waals surface area contributed by atoms with Gasteiger partial charge in [0.05, 0.1) is 28.1 Å². The van der Waals surface area contributed by atoms with Crippen LogP contribution in [-0.2, 0) is 6.54 Å². The van der Waals surface area contributed by atoms with Gasteiger partial charge in [-0.2, -0.15) is 0 Å². The zero-order valence-electron chi connectivity index (χ0n) is 11.3. The van der Waals surface area contributed by atoms with Gasteiger partial charge in [-0.25, -0.2) is 4.98 Å². The third kappa shape index (κ3) is 2.82. The molecule has 1 atom stereocenters. The van der Waals surface area contributed by atoms with E-state index in [-0.39, 0.29) is 0 Å². The van der Waals surface area contributed by atoms with Crippen molar-refractivity contribution in [3.8, 4) is 0 Å². The van der Waals surface area contributed by atoms with Crippen LogP contribution in [0.3, 0.4) is 0 Å². The number of hydrogen-bond acceptors (Lipinski definition) is 5. The van der Waals surface area contributed by atoms with Gasteiger partial charge in [-0.15, -0.1) is 11.3 Å². The molecule has 0 N–H and O–H groups in total. The third-order valence-electron chi connectivity index (χ3n) is 3.51. The van der Waals surface area contributed by atoms with Crippen LogP contribution in [0.15, 0.2) is 17.8 Å². The number of nitrogens with zero attached hydrogens (tertiary/aromatic N) is 4. The van der Waals surface area contributed by atoms with Gasteiger partial charge in [-0.05, 0) is 33.2 Å². The third-order valence-corrected chi connectivity index (χ3v) is 4.33. The highest BCUT2D eigenvalue weighted by atomic mass is 32.1. The maximum atomic E-state index is 4.63. The van der Waals surface area contributed by atoms with E-state index in [1.54, 1.807) is 11.3 Å². The molecule has 1 aliphatic rings. The van der Waals surface area contributed by atoms with Crippen LogP contribution >= 0.6 is 11.3 Å². The van der Waals surface area contributed by atoms with Gasteiger partial charge < -0.3 is 0 Å². The Hall–Kier alpha value is -1.33. The molecule has 2 aromatic heterocycles. The first kappa shape index (κ1) is 12.7. The maximum absolute atomic E-state index is 4.63. The fourth-order valence-corrected chi connectivity index (χ4v) is 3.29. The van der Waals surface area contributed by atoms with E-state index in [0.717, 1.165) is 29.5 Å². The van der Waals surface area contributed by atoms with Crippen molar-refractivity contribution < 1.29 is 0 Å². The van der Waals surface area contributed by atoms with E-state index in [1.165, 1.54) is 18.5 Å². The number of aromatic nitrogens is 3. The molecule has 5 heteroatoms. The minimum absolute atomic E-state index is 0.398. The maximum Gasteiger partial charge on any atom is 0.0897 e. The van der Waals surface area contributed by atoms with E-state index >= 15 is 0 Å². The first-order chi connectivity index (χ1) is 9.22. The molecule has 1 fully saturated rings. The average molecular weight is 274 g/mol. The standard InChI is InChI=1S/C14H18N4S/c1-10-6-15-7-13(16-10)14-4-3-5-18(14)8-12-9-19-11(2)17-12/h6-7,9,14H,3-5,8H2,1-2H3/t14-/m1/s1. The summed E-state index contributed by atoms with van der Waals surface area (Å²) in [6.45, 7) is 6.10. The fraction of sp³-hybridized carbons (Fsp3) is 0.500. The number of thiazole rings is 1. The van der Waals surface area contributed by atoms with Gasteiger partial charge in [0.15, 0.2) is 0 Å². The summed E-state index contributed by atoms with van der Waals surface area (Å²) < 4.78 is 0. The molecule has 1 saturated heterocycles. The zero-order valence-corrected chi connectivity index (χ0v) is 12.2. The molecule has 0 radical (unpaired) electrons. The predicted octanol–water partition coefficient (Wildman–Crippen LogP) is 2.89. The van der Waals surface area contributed by atoms with Crippen LogP contribution in [-0.4, -0.2) is 26.4 Å². The Bertz CT molecular complexity index is 566. The van der Waals surface area contributed by atoms with Crippen molar-refractivity contribution in [2.24, 2.45) is 0 Å². The van der Waals surface area contributed by atoms with E-state index in [0.29, 0.717) is 6.04 Å². The van der Waals surface area contributed by atoms with Crippen molar-refractivity contribution in [2.75, 3.05) is 6.54 Å². The van der Waals surface area contributed by atoms with Crippen molar-refractivity contribution >= 4 is 11.3 Å². The smallest absolute Gasteiger partial charge is 0.0897 e. The van der Waals surface area contributed by atoms with E-state index in [2.05, 4.69) is 32.2 Å². The van der Waals surface area contributed by atoms with Crippen molar-refractivity contribution in [3.05, 3.63) is 39.9 Å². The molecule has 19 heavy (non-hydrogen) atoms. The summed E-state index contributed by atoms with van der Waals surface area (Å²) in [7, 11) is 0. The molecule has 0 aromatic carbocycles. The highest BCUT2D eigenvalue weighted by Gasteiger charge is 2.27. The highest BCUT2D eigenvalue weighted by Crippen LogP contribution is 2.31. The summed E-state index contributed by atoms with van der Waals surface area (Å²) in [5, 5.41) is 3.30. The lowest BCUT2D eigenvalue weighted by atomic mass is 10.1. The molecule has 0 unspecified atom stereocenters. The monoisotopic (exact) mass is 274 g/mol. The Balaban J connectivity index is 1.78. The fourth-order valence-electron chi connectivity index (χ4n) is 2.68. The Morgan fingerprint density at radius 3 is 2.95 bits per heavy atom. The molecular formula is C14H18N4S. The van der Waals surface area contributed by atoms with E-state index in [9.17, 15) is 0 Å². The first-order valence-electron chi connectivity index (χ1n) is 6.66. The first-order valence-corrected chi connectivity index (χ1v) is 7.54. The van der Waals surface area contributed by atoms with Crippen LogP contribution in [0.2, 0.25) is 0 Å². The summed E-state index contributed by atoms with van der Waals surface area (Å²) in [6.07, 6.45) is 6.11. The van der Waals surface area contributed by atoms with Gasteiger partial charge in [-0.1, -0.05) is 0 Å². The summed E-state index contributed by atoms with van der Waals surface area (Å²) in [5.74, 6) is 0. The Morgan fingerprint density at radius 1 is 1.32 bits per heavy atom. The minimum Gasteiger partial charge on any atom is -0.289 e. The SMILES string of the molecule is Cc1cncc([C@H]2CCCN2Cc2csc(C)n2)n1. The van der Waals surface area contributed by atoms with Crippen LogP contribution in [0.25, 0.3) is 0 Å². The van der Waals surface area contributed by atoms with Gasteiger partial charge >= 0.3 is 0 Å². The summed E-state index contributed by atoms with van der Waals surface area (Å²) >= 11 is 1.72. The number of aryl methyl sites for hydroxylation is 2. The molecular weight excluding hydrogens is 256 g/mol. The van der Waals surface area contributed by atoms with Crippen LogP contribution < -0.4 is 0 Å². The molecule has 4 nitrogen and oxygen atoms in total. The Labute approximate surface area is 117 Å². The van der Waals surface area contributed by atoms with Crippen molar-refractivity contribution in [1.29, 1.82) is 0 Å². The lowest BCUT2D eigenvalue weighted by molar-refractivity contribution is 0.241. The second-order valence-corrected chi connectivity index (χ2v) is 6.13. The molecule has 3 rings (SSSR count). The van der Waals surface area contributed by atoms with Gasteiger partial charge in [0.2, 0.25) is 0 Å². The van der Waals surface area contributed by atoms with Crippen LogP contribution in [0.1, 0.15) is 41.0 Å². The minimum atomic E-state index is 0.398. The van der Waals surface area contributed by atoms with E-state index in [4.69, 9.17) is 0 Å². The second-order valence-electron chi connectivity index (χ2n) is 5.07. The van der Waals surface area contributed by atoms with Crippen molar-refractivity contribution in [3.63, 3.8) is 0 Å². The molecule has 0 bridgehead atoms. The molecule has 0 amide bonds. The largest absolute Gasteiger partial charge is 0.289 e. The number of likely N-dealkylation sites (tertiary alicyclic amines) is 1. The molecule has 100 valence electrons.